The molecule has 1 aliphatic heterocycles. The van der Waals surface area contributed by atoms with Crippen LogP contribution in [0, 0.1) is 0 Å². The number of nitrogens with zero attached hydrogens (tertiary/aromatic N) is 5. The van der Waals surface area contributed by atoms with Gasteiger partial charge in [-0.1, -0.05) is 5.10 Å². The predicted molar refractivity (Wildman–Crippen MR) is 65.9 cm³/mol. The van der Waals surface area contributed by atoms with Gasteiger partial charge in [-0.05, 0) is 25.1 Å². The molecule has 0 atom stereocenters. The Hall–Kier alpha value is -1.54. The van der Waals surface area contributed by atoms with Crippen LogP contribution in [0.5, 0.6) is 0 Å². The van der Waals surface area contributed by atoms with Crippen LogP contribution in [0.2, 0.25) is 0 Å². The first-order valence-corrected chi connectivity index (χ1v) is 6.11. The Labute approximate surface area is 106 Å². The quantitative estimate of drug-likeness (QED) is 0.703. The van der Waals surface area contributed by atoms with E-state index in [2.05, 4.69) is 30.9 Å². The van der Waals surface area contributed by atoms with Crippen LogP contribution >= 0.6 is 0 Å². The topological polar surface area (TPSA) is 88.0 Å². The summed E-state index contributed by atoms with van der Waals surface area (Å²) in [5.74, 6) is 0.165. The summed E-state index contributed by atoms with van der Waals surface area (Å²) in [6.07, 6.45) is 2.15. The van der Waals surface area contributed by atoms with Crippen molar-refractivity contribution in [2.24, 2.45) is 7.05 Å². The van der Waals surface area contributed by atoms with Gasteiger partial charge in [0.25, 0.3) is 5.95 Å². The van der Waals surface area contributed by atoms with Crippen LogP contribution in [0.4, 0.5) is 5.95 Å². The molecule has 1 saturated heterocycles. The van der Waals surface area contributed by atoms with Gasteiger partial charge in [0.1, 0.15) is 0 Å². The fraction of sp³-hybridized carbons (Fsp3) is 0.800. The molecule has 0 aromatic carbocycles. The van der Waals surface area contributed by atoms with Crippen LogP contribution in [-0.4, -0.2) is 63.7 Å². The third-order valence-corrected chi connectivity index (χ3v) is 3.12. The fourth-order valence-corrected chi connectivity index (χ4v) is 2.08. The largest absolute Gasteiger partial charge is 0.317 e. The number of hydrogen-bond donors (Lipinski definition) is 2. The molecular weight excluding hydrogens is 234 g/mol. The summed E-state index contributed by atoms with van der Waals surface area (Å²) >= 11 is 0. The van der Waals surface area contributed by atoms with Crippen molar-refractivity contribution in [3.8, 4) is 0 Å². The Bertz CT molecular complexity index is 397. The molecule has 1 aromatic rings. The van der Waals surface area contributed by atoms with Gasteiger partial charge in [0.2, 0.25) is 5.91 Å². The van der Waals surface area contributed by atoms with Crippen molar-refractivity contribution < 1.29 is 4.79 Å². The summed E-state index contributed by atoms with van der Waals surface area (Å²) in [7, 11) is 3.64. The highest BCUT2D eigenvalue weighted by atomic mass is 16.2. The highest BCUT2D eigenvalue weighted by Gasteiger charge is 2.19. The number of piperidine rings is 1. The van der Waals surface area contributed by atoms with E-state index in [1.165, 1.54) is 4.80 Å². The molecule has 0 aliphatic carbocycles. The maximum atomic E-state index is 11.8. The Kier molecular flexibility index (Phi) is 4.21. The zero-order valence-corrected chi connectivity index (χ0v) is 10.8. The molecule has 0 radical (unpaired) electrons. The van der Waals surface area contributed by atoms with E-state index < -0.39 is 0 Å². The van der Waals surface area contributed by atoms with Crippen LogP contribution in [0.1, 0.15) is 12.8 Å². The number of anilines is 1. The first-order chi connectivity index (χ1) is 8.67. The van der Waals surface area contributed by atoms with Gasteiger partial charge < -0.3 is 5.32 Å². The number of aromatic nitrogens is 4. The molecule has 2 N–H and O–H groups in total. The fourth-order valence-electron chi connectivity index (χ4n) is 2.08. The van der Waals surface area contributed by atoms with Gasteiger partial charge in [-0.25, -0.2) is 0 Å². The molecule has 100 valence electrons. The molecule has 18 heavy (non-hydrogen) atoms. The number of rotatable bonds is 4. The zero-order valence-electron chi connectivity index (χ0n) is 10.8. The molecule has 8 heteroatoms. The number of likely N-dealkylation sites (tertiary alicyclic amines) is 1. The molecule has 0 saturated carbocycles. The average molecular weight is 253 g/mol. The van der Waals surface area contributed by atoms with Crippen molar-refractivity contribution in [1.29, 1.82) is 0 Å². The molecular formula is C10H19N7O. The van der Waals surface area contributed by atoms with E-state index in [4.69, 9.17) is 0 Å². The van der Waals surface area contributed by atoms with Crippen LogP contribution in [-0.2, 0) is 11.8 Å². The van der Waals surface area contributed by atoms with Crippen molar-refractivity contribution in [2.45, 2.75) is 18.9 Å². The van der Waals surface area contributed by atoms with Crippen LogP contribution < -0.4 is 10.6 Å². The van der Waals surface area contributed by atoms with E-state index in [0.717, 1.165) is 25.9 Å². The van der Waals surface area contributed by atoms with E-state index in [1.807, 2.05) is 7.05 Å². The van der Waals surface area contributed by atoms with Crippen LogP contribution in [0.3, 0.4) is 0 Å². The van der Waals surface area contributed by atoms with Crippen LogP contribution in [0.15, 0.2) is 0 Å². The number of amides is 1. The Morgan fingerprint density at radius 1 is 1.44 bits per heavy atom. The molecule has 1 fully saturated rings. The van der Waals surface area contributed by atoms with E-state index in [0.29, 0.717) is 12.6 Å². The highest BCUT2D eigenvalue weighted by Crippen LogP contribution is 2.09. The second kappa shape index (κ2) is 5.87. The second-order valence-electron chi connectivity index (χ2n) is 4.49. The molecule has 2 rings (SSSR count). The van der Waals surface area contributed by atoms with Crippen molar-refractivity contribution in [3.05, 3.63) is 0 Å². The standard InChI is InChI=1S/C10H19N7O/c1-11-8-3-5-17(6-4-8)7-9(18)12-10-13-15-16(2)14-10/h8,11H,3-7H2,1-2H3,(H,12,14,18). The maximum absolute atomic E-state index is 11.8. The highest BCUT2D eigenvalue weighted by molar-refractivity contribution is 5.90. The van der Waals surface area contributed by atoms with Crippen molar-refractivity contribution in [3.63, 3.8) is 0 Å². The summed E-state index contributed by atoms with van der Waals surface area (Å²) in [5, 5.41) is 17.2. The lowest BCUT2D eigenvalue weighted by Gasteiger charge is -2.30. The van der Waals surface area contributed by atoms with Gasteiger partial charge >= 0.3 is 0 Å². The minimum atomic E-state index is -0.0918. The van der Waals surface area contributed by atoms with Gasteiger partial charge in [0.05, 0.1) is 13.6 Å². The third-order valence-electron chi connectivity index (χ3n) is 3.12. The zero-order chi connectivity index (χ0) is 13.0. The second-order valence-corrected chi connectivity index (χ2v) is 4.49. The monoisotopic (exact) mass is 253 g/mol. The first kappa shape index (κ1) is 12.9. The van der Waals surface area contributed by atoms with Gasteiger partial charge in [-0.3, -0.25) is 15.0 Å². The van der Waals surface area contributed by atoms with Crippen LogP contribution in [0.25, 0.3) is 0 Å². The summed E-state index contributed by atoms with van der Waals surface area (Å²) in [5.41, 5.74) is 0. The van der Waals surface area contributed by atoms with Crippen molar-refractivity contribution in [2.75, 3.05) is 32.0 Å². The van der Waals surface area contributed by atoms with E-state index >= 15 is 0 Å². The molecule has 1 aromatic heterocycles. The average Bonchev–Trinajstić information content (AvgIpc) is 2.75. The molecule has 0 spiro atoms. The van der Waals surface area contributed by atoms with Crippen molar-refractivity contribution >= 4 is 11.9 Å². The Balaban J connectivity index is 1.75. The molecule has 8 nitrogen and oxygen atoms in total. The van der Waals surface area contributed by atoms with Gasteiger partial charge in [-0.2, -0.15) is 4.80 Å². The Morgan fingerprint density at radius 2 is 2.17 bits per heavy atom. The van der Waals surface area contributed by atoms with Gasteiger partial charge in [-0.15, -0.1) is 5.10 Å². The molecule has 0 bridgehead atoms. The summed E-state index contributed by atoms with van der Waals surface area (Å²) in [4.78, 5) is 15.2. The number of tetrazole rings is 1. The van der Waals surface area contributed by atoms with Gasteiger partial charge in [0.15, 0.2) is 0 Å². The molecule has 2 heterocycles. The number of carbonyl (C=O) groups is 1. The van der Waals surface area contributed by atoms with Gasteiger partial charge in [0, 0.05) is 19.1 Å². The number of carbonyl (C=O) groups excluding carboxylic acids is 1. The minimum Gasteiger partial charge on any atom is -0.317 e. The van der Waals surface area contributed by atoms with Crippen molar-refractivity contribution in [1.82, 2.24) is 30.4 Å². The molecule has 0 unspecified atom stereocenters. The number of nitrogens with one attached hydrogen (secondary N) is 2. The number of hydrogen-bond acceptors (Lipinski definition) is 6. The lowest BCUT2D eigenvalue weighted by Crippen LogP contribution is -2.44. The maximum Gasteiger partial charge on any atom is 0.270 e. The smallest absolute Gasteiger partial charge is 0.270 e. The predicted octanol–water partition coefficient (Wildman–Crippen LogP) is -1.17. The Morgan fingerprint density at radius 3 is 2.72 bits per heavy atom. The lowest BCUT2D eigenvalue weighted by atomic mass is 10.1. The molecule has 1 amide bonds. The SMILES string of the molecule is CNC1CCN(CC(=O)Nc2nnn(C)n2)CC1. The summed E-state index contributed by atoms with van der Waals surface area (Å²) in [6.45, 7) is 2.26. The summed E-state index contributed by atoms with van der Waals surface area (Å²) in [6, 6.07) is 0.575. The minimum absolute atomic E-state index is 0.0918. The number of aryl methyl sites for hydroxylation is 1. The van der Waals surface area contributed by atoms with E-state index in [9.17, 15) is 4.79 Å². The molecule has 1 aliphatic rings. The van der Waals surface area contributed by atoms with E-state index in [-0.39, 0.29) is 11.9 Å². The normalized spacial score (nSPS) is 17.9. The first-order valence-electron chi connectivity index (χ1n) is 6.11. The third kappa shape index (κ3) is 3.47. The lowest BCUT2D eigenvalue weighted by molar-refractivity contribution is -0.117. The summed E-state index contributed by atoms with van der Waals surface area (Å²) < 4.78 is 0. The van der Waals surface area contributed by atoms with E-state index in [1.54, 1.807) is 7.05 Å².